The van der Waals surface area contributed by atoms with Gasteiger partial charge in [0.15, 0.2) is 17.5 Å². The Kier molecular flexibility index (Phi) is 7.25. The number of hydrogen-bond donors (Lipinski definition) is 0. The van der Waals surface area contributed by atoms with E-state index in [-0.39, 0.29) is 6.04 Å². The monoisotopic (exact) mass is 628 g/mol. The van der Waals surface area contributed by atoms with Crippen molar-refractivity contribution in [2.45, 2.75) is 12.0 Å². The van der Waals surface area contributed by atoms with Crippen molar-refractivity contribution in [3.8, 4) is 56.4 Å². The third-order valence-corrected chi connectivity index (χ3v) is 9.50. The van der Waals surface area contributed by atoms with Crippen LogP contribution in [0.4, 0.5) is 11.4 Å². The molecule has 4 heteroatoms. The predicted octanol–water partition coefficient (Wildman–Crippen LogP) is 10.9. The van der Waals surface area contributed by atoms with Gasteiger partial charge in [0.25, 0.3) is 0 Å². The average molecular weight is 629 g/mol. The second-order valence-corrected chi connectivity index (χ2v) is 12.5. The van der Waals surface area contributed by atoms with Crippen molar-refractivity contribution in [1.29, 1.82) is 0 Å². The summed E-state index contributed by atoms with van der Waals surface area (Å²) in [6.45, 7) is 0. The number of anilines is 2. The van der Waals surface area contributed by atoms with Crippen LogP contribution in [-0.2, 0) is 0 Å². The molecule has 1 aliphatic heterocycles. The second kappa shape index (κ2) is 12.3. The predicted molar refractivity (Wildman–Crippen MR) is 200 cm³/mol. The minimum atomic E-state index is 0.251. The van der Waals surface area contributed by atoms with E-state index in [1.807, 2.05) is 12.1 Å². The number of para-hydroxylation sites is 1. The van der Waals surface area contributed by atoms with Crippen LogP contribution in [0.15, 0.2) is 182 Å². The SMILES string of the molecule is C1=CC2c3ccccc3N(c3ccc(-c4nc(-c5ccc(-c6ccccc6)cc5)nc(-c5ccc(-c6ccccc6)cc5)n4)cc3)C2C=C1. The summed E-state index contributed by atoms with van der Waals surface area (Å²) >= 11 is 0. The summed E-state index contributed by atoms with van der Waals surface area (Å²) in [6.07, 6.45) is 8.92. The lowest BCUT2D eigenvalue weighted by molar-refractivity contribution is 0.745. The number of hydrogen-bond acceptors (Lipinski definition) is 4. The van der Waals surface area contributed by atoms with Crippen LogP contribution in [-0.4, -0.2) is 21.0 Å². The van der Waals surface area contributed by atoms with Crippen LogP contribution in [0, 0.1) is 0 Å². The van der Waals surface area contributed by atoms with Crippen molar-refractivity contribution in [3.63, 3.8) is 0 Å². The van der Waals surface area contributed by atoms with Crippen LogP contribution in [0.25, 0.3) is 56.4 Å². The molecule has 0 fully saturated rings. The number of nitrogens with zero attached hydrogens (tertiary/aromatic N) is 4. The van der Waals surface area contributed by atoms with Crippen molar-refractivity contribution in [2.24, 2.45) is 0 Å². The molecule has 7 aromatic rings. The van der Waals surface area contributed by atoms with Crippen molar-refractivity contribution < 1.29 is 0 Å². The number of benzene rings is 6. The molecule has 2 unspecified atom stereocenters. The fraction of sp³-hybridized carbons (Fsp3) is 0.0444. The summed E-state index contributed by atoms with van der Waals surface area (Å²) in [5, 5.41) is 0. The molecule has 49 heavy (non-hydrogen) atoms. The summed E-state index contributed by atoms with van der Waals surface area (Å²) in [5.74, 6) is 2.28. The average Bonchev–Trinajstić information content (AvgIpc) is 3.53. The van der Waals surface area contributed by atoms with Crippen LogP contribution < -0.4 is 4.90 Å². The molecule has 6 aromatic carbocycles. The fourth-order valence-corrected chi connectivity index (χ4v) is 7.01. The Morgan fingerprint density at radius 2 is 0.776 bits per heavy atom. The van der Waals surface area contributed by atoms with Crippen LogP contribution in [0.1, 0.15) is 11.5 Å². The van der Waals surface area contributed by atoms with Gasteiger partial charge in [-0.05, 0) is 58.1 Å². The first kappa shape index (κ1) is 28.8. The van der Waals surface area contributed by atoms with Gasteiger partial charge in [0, 0.05) is 34.0 Å². The van der Waals surface area contributed by atoms with Crippen LogP contribution in [0.3, 0.4) is 0 Å². The number of fused-ring (bicyclic) bond motifs is 3. The molecule has 0 bridgehead atoms. The summed E-state index contributed by atoms with van der Waals surface area (Å²) in [5.41, 5.74) is 11.2. The van der Waals surface area contributed by atoms with E-state index in [2.05, 4.69) is 175 Å². The maximum Gasteiger partial charge on any atom is 0.164 e. The van der Waals surface area contributed by atoms with E-state index in [0.29, 0.717) is 23.4 Å². The third-order valence-electron chi connectivity index (χ3n) is 9.50. The Labute approximate surface area is 286 Å². The smallest absolute Gasteiger partial charge is 0.164 e. The Morgan fingerprint density at radius 3 is 1.31 bits per heavy atom. The molecular weight excluding hydrogens is 597 g/mol. The van der Waals surface area contributed by atoms with Crippen molar-refractivity contribution >= 4 is 11.4 Å². The topological polar surface area (TPSA) is 41.9 Å². The third kappa shape index (κ3) is 5.43. The first-order valence-electron chi connectivity index (χ1n) is 16.7. The van der Waals surface area contributed by atoms with E-state index in [1.54, 1.807) is 0 Å². The van der Waals surface area contributed by atoms with Gasteiger partial charge in [-0.2, -0.15) is 0 Å². The first-order chi connectivity index (χ1) is 24.3. The van der Waals surface area contributed by atoms with Crippen LogP contribution in [0.2, 0.25) is 0 Å². The zero-order valence-electron chi connectivity index (χ0n) is 26.8. The van der Waals surface area contributed by atoms with Crippen LogP contribution >= 0.6 is 0 Å². The Bertz CT molecular complexity index is 2210. The highest BCUT2D eigenvalue weighted by Gasteiger charge is 2.36. The maximum absolute atomic E-state index is 5.04. The Balaban J connectivity index is 1.10. The number of aromatic nitrogens is 3. The normalized spacial score (nSPS) is 16.0. The molecule has 0 amide bonds. The van der Waals surface area contributed by atoms with Gasteiger partial charge in [0.05, 0.1) is 6.04 Å². The molecule has 0 N–H and O–H groups in total. The molecule has 0 spiro atoms. The molecule has 0 saturated heterocycles. The molecule has 0 saturated carbocycles. The molecular formula is C45H32N4. The molecule has 2 aliphatic rings. The fourth-order valence-electron chi connectivity index (χ4n) is 7.01. The quantitative estimate of drug-likeness (QED) is 0.184. The van der Waals surface area contributed by atoms with E-state index in [1.165, 1.54) is 22.4 Å². The highest BCUT2D eigenvalue weighted by Crippen LogP contribution is 2.47. The lowest BCUT2D eigenvalue weighted by Crippen LogP contribution is -2.28. The van der Waals surface area contributed by atoms with Gasteiger partial charge >= 0.3 is 0 Å². The minimum Gasteiger partial charge on any atom is -0.333 e. The van der Waals surface area contributed by atoms with Crippen molar-refractivity contribution in [3.05, 3.63) is 188 Å². The van der Waals surface area contributed by atoms with Gasteiger partial charge in [-0.15, -0.1) is 0 Å². The zero-order valence-corrected chi connectivity index (χ0v) is 26.8. The Hall–Kier alpha value is -6.39. The lowest BCUT2D eigenvalue weighted by atomic mass is 9.91. The van der Waals surface area contributed by atoms with Gasteiger partial charge in [-0.25, -0.2) is 15.0 Å². The van der Waals surface area contributed by atoms with E-state index in [4.69, 9.17) is 15.0 Å². The van der Waals surface area contributed by atoms with Gasteiger partial charge in [0.1, 0.15) is 0 Å². The van der Waals surface area contributed by atoms with E-state index >= 15 is 0 Å². The van der Waals surface area contributed by atoms with Gasteiger partial charge in [0.2, 0.25) is 0 Å². The molecule has 2 atom stereocenters. The van der Waals surface area contributed by atoms with E-state index in [0.717, 1.165) is 33.5 Å². The molecule has 9 rings (SSSR count). The molecule has 1 aliphatic carbocycles. The molecule has 232 valence electrons. The lowest BCUT2D eigenvalue weighted by Gasteiger charge is -2.28. The molecule has 2 heterocycles. The molecule has 0 radical (unpaired) electrons. The molecule has 4 nitrogen and oxygen atoms in total. The summed E-state index contributed by atoms with van der Waals surface area (Å²) in [4.78, 5) is 17.5. The zero-order chi connectivity index (χ0) is 32.6. The summed E-state index contributed by atoms with van der Waals surface area (Å²) < 4.78 is 0. The van der Waals surface area contributed by atoms with Crippen molar-refractivity contribution in [2.75, 3.05) is 4.90 Å². The summed E-state index contributed by atoms with van der Waals surface area (Å²) in [6, 6.07) is 55.4. The highest BCUT2D eigenvalue weighted by atomic mass is 15.2. The van der Waals surface area contributed by atoms with Crippen LogP contribution in [0.5, 0.6) is 0 Å². The molecule has 1 aromatic heterocycles. The summed E-state index contributed by atoms with van der Waals surface area (Å²) in [7, 11) is 0. The standard InChI is InChI=1S/C45H32N4/c1-3-11-31(12-4-1)33-19-23-35(24-20-33)43-46-44(36-25-21-34(22-26-36)32-13-5-2-6-14-32)48-45(47-43)37-27-29-38(30-28-37)49-41-17-9-7-15-39(41)40-16-8-10-18-42(40)49/h1-30,39,41H. The minimum absolute atomic E-state index is 0.251. The van der Waals surface area contributed by atoms with Gasteiger partial charge in [-0.1, -0.05) is 152 Å². The van der Waals surface area contributed by atoms with E-state index < -0.39 is 0 Å². The first-order valence-corrected chi connectivity index (χ1v) is 16.7. The maximum atomic E-state index is 5.04. The highest BCUT2D eigenvalue weighted by molar-refractivity contribution is 5.77. The van der Waals surface area contributed by atoms with Crippen molar-refractivity contribution in [1.82, 2.24) is 15.0 Å². The van der Waals surface area contributed by atoms with Gasteiger partial charge < -0.3 is 4.90 Å². The van der Waals surface area contributed by atoms with Gasteiger partial charge in [-0.3, -0.25) is 0 Å². The second-order valence-electron chi connectivity index (χ2n) is 12.5. The number of rotatable bonds is 6. The Morgan fingerprint density at radius 1 is 0.367 bits per heavy atom. The van der Waals surface area contributed by atoms with E-state index in [9.17, 15) is 0 Å². The number of allylic oxidation sites excluding steroid dienone is 2. The largest absolute Gasteiger partial charge is 0.333 e.